The number of para-hydroxylation sites is 2. The minimum Gasteiger partial charge on any atom is -0.510 e. The number of aryl methyl sites for hydroxylation is 1. The monoisotopic (exact) mass is 402 g/mol. The average Bonchev–Trinajstić information content (AvgIpc) is 3.36. The van der Waals surface area contributed by atoms with Crippen molar-refractivity contribution >= 4 is 28.4 Å². The molecule has 4 rings (SSSR count). The van der Waals surface area contributed by atoms with Gasteiger partial charge in [-0.15, -0.1) is 5.10 Å². The maximum atomic E-state index is 10.7. The highest BCUT2D eigenvalue weighted by Crippen LogP contribution is 2.29. The Bertz CT molecular complexity index is 1200. The second-order valence-electron chi connectivity index (χ2n) is 6.57. The number of benzene rings is 2. The molecule has 144 valence electrons. The van der Waals surface area contributed by atoms with Crippen molar-refractivity contribution in [2.24, 2.45) is 0 Å². The topological polar surface area (TPSA) is 114 Å². The number of imidazole rings is 1. The van der Waals surface area contributed by atoms with E-state index in [1.165, 1.54) is 17.3 Å². The predicted octanol–water partition coefficient (Wildman–Crippen LogP) is 4.63. The molecule has 0 aliphatic carbocycles. The lowest BCUT2D eigenvalue weighted by Gasteiger charge is -2.09. The van der Waals surface area contributed by atoms with Gasteiger partial charge in [-0.1, -0.05) is 53.7 Å². The highest BCUT2D eigenvalue weighted by Gasteiger charge is 2.20. The minimum absolute atomic E-state index is 0.0711. The molecule has 0 radical (unpaired) electrons. The van der Waals surface area contributed by atoms with Crippen LogP contribution in [-0.2, 0) is 0 Å². The number of hydrogen-bond acceptors (Lipinski definition) is 6. The lowest BCUT2D eigenvalue weighted by Crippen LogP contribution is -2.05. The summed E-state index contributed by atoms with van der Waals surface area (Å²) in [6.45, 7) is 3.82. The number of allylic oxidation sites excluding steroid dienone is 1. The van der Waals surface area contributed by atoms with E-state index in [1.54, 1.807) is 6.92 Å². The van der Waals surface area contributed by atoms with Crippen LogP contribution in [0.25, 0.3) is 28.0 Å². The van der Waals surface area contributed by atoms with E-state index in [0.29, 0.717) is 16.8 Å². The Kier molecular flexibility index (Phi) is 5.06. The van der Waals surface area contributed by atoms with Crippen LogP contribution in [0.5, 0.6) is 0 Å². The van der Waals surface area contributed by atoms with Crippen LogP contribution in [-0.4, -0.2) is 35.5 Å². The van der Waals surface area contributed by atoms with Crippen LogP contribution in [0.4, 0.5) is 0 Å². The third-order valence-corrected chi connectivity index (χ3v) is 5.42. The minimum atomic E-state index is -0.431. The summed E-state index contributed by atoms with van der Waals surface area (Å²) in [5.41, 5.74) is 3.75. The van der Waals surface area contributed by atoms with E-state index in [1.807, 2.05) is 55.5 Å². The van der Waals surface area contributed by atoms with Crippen LogP contribution in [0.2, 0.25) is 0 Å². The first-order valence-corrected chi connectivity index (χ1v) is 9.87. The quantitative estimate of drug-likeness (QED) is 0.255. The molecule has 2 aromatic carbocycles. The number of H-pyrrole nitrogens is 2. The van der Waals surface area contributed by atoms with Crippen LogP contribution in [0.15, 0.2) is 59.4 Å². The molecule has 2 heterocycles. The molecule has 29 heavy (non-hydrogen) atoms. The van der Waals surface area contributed by atoms with Gasteiger partial charge in [-0.3, -0.25) is 5.10 Å². The summed E-state index contributed by atoms with van der Waals surface area (Å²) in [7, 11) is 0. The van der Waals surface area contributed by atoms with Gasteiger partial charge in [-0.25, -0.2) is 9.97 Å². The molecule has 0 aliphatic rings. The molecule has 1 atom stereocenters. The highest BCUT2D eigenvalue weighted by atomic mass is 32.2. The maximum absolute atomic E-state index is 10.7. The summed E-state index contributed by atoms with van der Waals surface area (Å²) in [4.78, 5) is 12.0. The average molecular weight is 402 g/mol. The first-order valence-electron chi connectivity index (χ1n) is 8.99. The molecule has 0 unspecified atom stereocenters. The van der Waals surface area contributed by atoms with E-state index in [4.69, 9.17) is 0 Å². The molecule has 0 aliphatic heterocycles. The number of aromatic amines is 2. The molecule has 0 spiro atoms. The Hall–Kier alpha value is -3.57. The van der Waals surface area contributed by atoms with Gasteiger partial charge < -0.3 is 10.1 Å². The Balaban J connectivity index is 1.57. The zero-order chi connectivity index (χ0) is 20.4. The summed E-state index contributed by atoms with van der Waals surface area (Å²) in [6, 6.07) is 17.5. The number of aromatic nitrogens is 5. The van der Waals surface area contributed by atoms with Gasteiger partial charge in [0.15, 0.2) is 11.6 Å². The van der Waals surface area contributed by atoms with Crippen LogP contribution in [0, 0.1) is 18.3 Å². The van der Waals surface area contributed by atoms with Crippen LogP contribution in [0.3, 0.4) is 0 Å². The molecule has 0 saturated heterocycles. The van der Waals surface area contributed by atoms with Gasteiger partial charge in [-0.2, -0.15) is 5.26 Å². The van der Waals surface area contributed by atoms with Crippen molar-refractivity contribution in [1.29, 1.82) is 5.26 Å². The van der Waals surface area contributed by atoms with Gasteiger partial charge in [0.05, 0.1) is 16.3 Å². The Morgan fingerprint density at radius 2 is 1.90 bits per heavy atom. The van der Waals surface area contributed by atoms with Gasteiger partial charge in [0.25, 0.3) is 0 Å². The fourth-order valence-corrected chi connectivity index (χ4v) is 3.65. The predicted molar refractivity (Wildman–Crippen MR) is 113 cm³/mol. The number of nitrogens with zero attached hydrogens (tertiary/aromatic N) is 4. The van der Waals surface area contributed by atoms with Gasteiger partial charge in [-0.05, 0) is 26.0 Å². The molecule has 4 aromatic rings. The molecule has 2 aromatic heterocycles. The van der Waals surface area contributed by atoms with Crippen molar-refractivity contribution in [2.75, 3.05) is 0 Å². The maximum Gasteiger partial charge on any atom is 0.209 e. The van der Waals surface area contributed by atoms with Crippen molar-refractivity contribution < 1.29 is 5.11 Å². The van der Waals surface area contributed by atoms with Crippen molar-refractivity contribution in [3.05, 3.63) is 65.7 Å². The summed E-state index contributed by atoms with van der Waals surface area (Å²) < 4.78 is 0. The molecule has 0 fully saturated rings. The fraction of sp³-hybridized carbons (Fsp3) is 0.143. The zero-order valence-electron chi connectivity index (χ0n) is 15.8. The van der Waals surface area contributed by atoms with Crippen molar-refractivity contribution in [1.82, 2.24) is 25.1 Å². The lowest BCUT2D eigenvalue weighted by molar-refractivity contribution is 0.401. The zero-order valence-corrected chi connectivity index (χ0v) is 16.7. The lowest BCUT2D eigenvalue weighted by atomic mass is 10.1. The summed E-state index contributed by atoms with van der Waals surface area (Å²) >= 11 is 1.26. The Morgan fingerprint density at radius 3 is 2.62 bits per heavy atom. The Labute approximate surface area is 171 Å². The summed E-state index contributed by atoms with van der Waals surface area (Å²) in [5, 5.41) is 27.5. The number of nitriles is 1. The molecule has 0 bridgehead atoms. The second-order valence-corrected chi connectivity index (χ2v) is 7.88. The van der Waals surface area contributed by atoms with Crippen LogP contribution < -0.4 is 0 Å². The van der Waals surface area contributed by atoms with Crippen LogP contribution >= 0.6 is 11.8 Å². The van der Waals surface area contributed by atoms with Gasteiger partial charge in [0.1, 0.15) is 17.4 Å². The molecule has 7 nitrogen and oxygen atoms in total. The largest absolute Gasteiger partial charge is 0.510 e. The number of hydrogen-bond donors (Lipinski definition) is 3. The number of aliphatic hydroxyl groups excluding tert-OH is 1. The standard InChI is InChI=1S/C21H18N6OS/c1-12-7-9-14(10-8-12)19-25-21(27-26-19)29-13(2)18(28)15(11-22)20-23-16-5-3-4-6-17(16)24-20/h3-10,13,28H,1-2H3,(H,23,24)(H,25,26,27)/b18-15-/t13-/m0/s1. The fourth-order valence-electron chi connectivity index (χ4n) is 2.86. The van der Waals surface area contributed by atoms with E-state index in [2.05, 4.69) is 31.2 Å². The van der Waals surface area contributed by atoms with Crippen molar-refractivity contribution in [2.45, 2.75) is 24.3 Å². The van der Waals surface area contributed by atoms with E-state index in [0.717, 1.165) is 16.6 Å². The number of thioether (sulfide) groups is 1. The van der Waals surface area contributed by atoms with Gasteiger partial charge in [0, 0.05) is 5.56 Å². The van der Waals surface area contributed by atoms with Gasteiger partial charge >= 0.3 is 0 Å². The SMILES string of the molecule is Cc1ccc(-c2nc(S[C@@H](C)/C(O)=C(\C#N)c3nc4ccccc4[nH]3)n[nH]2)cc1. The third-order valence-electron chi connectivity index (χ3n) is 4.45. The van der Waals surface area contributed by atoms with E-state index >= 15 is 0 Å². The van der Waals surface area contributed by atoms with Gasteiger partial charge in [0.2, 0.25) is 5.16 Å². The molecular weight excluding hydrogens is 384 g/mol. The Morgan fingerprint density at radius 1 is 1.14 bits per heavy atom. The molecule has 0 saturated carbocycles. The highest BCUT2D eigenvalue weighted by molar-refractivity contribution is 7.99. The van der Waals surface area contributed by atoms with E-state index in [-0.39, 0.29) is 11.3 Å². The van der Waals surface area contributed by atoms with E-state index in [9.17, 15) is 10.4 Å². The summed E-state index contributed by atoms with van der Waals surface area (Å²) in [6.07, 6.45) is 0. The van der Waals surface area contributed by atoms with E-state index < -0.39 is 5.25 Å². The molecular formula is C21H18N6OS. The molecule has 0 amide bonds. The third kappa shape index (κ3) is 3.86. The van der Waals surface area contributed by atoms with Crippen molar-refractivity contribution in [3.63, 3.8) is 0 Å². The number of fused-ring (bicyclic) bond motifs is 1. The second kappa shape index (κ2) is 7.81. The normalized spacial score (nSPS) is 13.1. The molecule has 3 N–H and O–H groups in total. The first-order chi connectivity index (χ1) is 14.0. The van der Waals surface area contributed by atoms with Crippen molar-refractivity contribution in [3.8, 4) is 17.5 Å². The molecule has 8 heteroatoms. The first kappa shape index (κ1) is 18.8. The summed E-state index contributed by atoms with van der Waals surface area (Å²) in [5.74, 6) is 0.924. The number of rotatable bonds is 5. The van der Waals surface area contributed by atoms with Crippen LogP contribution in [0.1, 0.15) is 18.3 Å². The number of nitrogens with one attached hydrogen (secondary N) is 2. The number of aliphatic hydroxyl groups is 1. The smallest absolute Gasteiger partial charge is 0.209 e.